The molecule has 2 N–H and O–H groups in total. The van der Waals surface area contributed by atoms with Gasteiger partial charge in [-0.3, -0.25) is 0 Å². The molecule has 1 saturated heterocycles. The number of hydrogen-bond acceptors (Lipinski definition) is 4. The molecule has 0 aromatic carbocycles. The van der Waals surface area contributed by atoms with Gasteiger partial charge in [0.1, 0.15) is 0 Å². The molecule has 6 heteroatoms. The molecule has 2 rings (SSSR count). The first-order chi connectivity index (χ1) is 8.53. The Morgan fingerprint density at radius 3 is 2.72 bits per heavy atom. The summed E-state index contributed by atoms with van der Waals surface area (Å²) in [5, 5.41) is 0. The third-order valence-corrected chi connectivity index (χ3v) is 6.09. The van der Waals surface area contributed by atoms with E-state index < -0.39 is 10.0 Å². The van der Waals surface area contributed by atoms with E-state index in [0.29, 0.717) is 38.0 Å². The summed E-state index contributed by atoms with van der Waals surface area (Å²) in [5.41, 5.74) is 5.96. The van der Waals surface area contributed by atoms with Gasteiger partial charge in [-0.2, -0.15) is 0 Å². The average Bonchev–Trinajstić information content (AvgIpc) is 2.72. The summed E-state index contributed by atoms with van der Waals surface area (Å²) in [6, 6.07) is 0.266. The maximum atomic E-state index is 12.2. The van der Waals surface area contributed by atoms with E-state index in [0.717, 1.165) is 19.3 Å². The molecule has 0 radical (unpaired) electrons. The Hall–Kier alpha value is -0.170. The molecule has 106 valence electrons. The lowest BCUT2D eigenvalue weighted by molar-refractivity contribution is 0.199. The van der Waals surface area contributed by atoms with Crippen LogP contribution in [0.2, 0.25) is 0 Å². The molecule has 1 unspecified atom stereocenters. The molecule has 2 aliphatic rings. The third kappa shape index (κ3) is 3.23. The normalized spacial score (nSPS) is 33.6. The minimum Gasteiger partial charge on any atom is -0.385 e. The van der Waals surface area contributed by atoms with Gasteiger partial charge in [0.05, 0.1) is 5.75 Å². The maximum absolute atomic E-state index is 12.2. The Balaban J connectivity index is 1.91. The summed E-state index contributed by atoms with van der Waals surface area (Å²) in [6.45, 7) is 1.88. The quantitative estimate of drug-likeness (QED) is 0.738. The lowest BCUT2D eigenvalue weighted by Gasteiger charge is -2.28. The molecule has 0 spiro atoms. The molecule has 0 aromatic rings. The highest BCUT2D eigenvalue weighted by Crippen LogP contribution is 2.36. The summed E-state index contributed by atoms with van der Waals surface area (Å²) < 4.78 is 30.9. The number of ether oxygens (including phenoxy) is 1. The predicted octanol–water partition coefficient (Wildman–Crippen LogP) is 0.412. The van der Waals surface area contributed by atoms with Crippen molar-refractivity contribution in [1.29, 1.82) is 0 Å². The van der Waals surface area contributed by atoms with Crippen LogP contribution in [0, 0.1) is 11.8 Å². The van der Waals surface area contributed by atoms with Gasteiger partial charge in [-0.05, 0) is 37.5 Å². The molecule has 0 amide bonds. The van der Waals surface area contributed by atoms with E-state index in [1.165, 1.54) is 0 Å². The van der Waals surface area contributed by atoms with Crippen LogP contribution in [0.5, 0.6) is 0 Å². The summed E-state index contributed by atoms with van der Waals surface area (Å²) in [5.74, 6) is 1.21. The van der Waals surface area contributed by atoms with Gasteiger partial charge >= 0.3 is 0 Å². The number of sulfonamides is 1. The van der Waals surface area contributed by atoms with Gasteiger partial charge in [-0.25, -0.2) is 12.7 Å². The first-order valence-corrected chi connectivity index (χ1v) is 8.36. The van der Waals surface area contributed by atoms with E-state index in [4.69, 9.17) is 10.5 Å². The van der Waals surface area contributed by atoms with Crippen molar-refractivity contribution in [2.75, 3.05) is 32.6 Å². The molecule has 5 nitrogen and oxygen atoms in total. The van der Waals surface area contributed by atoms with Crippen LogP contribution in [-0.4, -0.2) is 51.3 Å². The SMILES string of the molecule is COCCCS(=O)(=O)N1C[C@H]2CCC(N)C[C@H]2C1. The van der Waals surface area contributed by atoms with E-state index in [1.54, 1.807) is 11.4 Å². The van der Waals surface area contributed by atoms with Crippen molar-refractivity contribution in [1.82, 2.24) is 4.31 Å². The van der Waals surface area contributed by atoms with Gasteiger partial charge in [-0.15, -0.1) is 0 Å². The fourth-order valence-electron chi connectivity index (χ4n) is 3.17. The lowest BCUT2D eigenvalue weighted by atomic mass is 9.79. The molecule has 1 heterocycles. The smallest absolute Gasteiger partial charge is 0.214 e. The minimum atomic E-state index is -3.10. The standard InChI is InChI=1S/C12H24N2O3S/c1-17-5-2-6-18(15,16)14-8-10-3-4-12(13)7-11(10)9-14/h10-12H,2-9,13H2,1H3/t10-,11+,12?/m1/s1. The van der Waals surface area contributed by atoms with Crippen LogP contribution in [0.4, 0.5) is 0 Å². The molecule has 1 aliphatic heterocycles. The van der Waals surface area contributed by atoms with Crippen molar-refractivity contribution in [2.45, 2.75) is 31.7 Å². The minimum absolute atomic E-state index is 0.201. The second-order valence-electron chi connectivity index (χ2n) is 5.57. The molecule has 2 fully saturated rings. The number of rotatable bonds is 5. The van der Waals surface area contributed by atoms with E-state index in [9.17, 15) is 8.42 Å². The van der Waals surface area contributed by atoms with Crippen molar-refractivity contribution in [3.8, 4) is 0 Å². The molecular weight excluding hydrogens is 252 g/mol. The highest BCUT2D eigenvalue weighted by atomic mass is 32.2. The number of nitrogens with two attached hydrogens (primary N) is 1. The van der Waals surface area contributed by atoms with Gasteiger partial charge in [0, 0.05) is 32.8 Å². The molecule has 0 aromatic heterocycles. The van der Waals surface area contributed by atoms with Gasteiger partial charge in [0.2, 0.25) is 10.0 Å². The van der Waals surface area contributed by atoms with Gasteiger partial charge < -0.3 is 10.5 Å². The number of hydrogen-bond donors (Lipinski definition) is 1. The fourth-order valence-corrected chi connectivity index (χ4v) is 4.74. The maximum Gasteiger partial charge on any atom is 0.214 e. The monoisotopic (exact) mass is 276 g/mol. The third-order valence-electron chi connectivity index (χ3n) is 4.20. The van der Waals surface area contributed by atoms with E-state index in [-0.39, 0.29) is 11.8 Å². The Labute approximate surface area is 110 Å². The Morgan fingerprint density at radius 2 is 2.00 bits per heavy atom. The second-order valence-corrected chi connectivity index (χ2v) is 7.66. The lowest BCUT2D eigenvalue weighted by Crippen LogP contribution is -2.32. The van der Waals surface area contributed by atoms with Gasteiger partial charge in [-0.1, -0.05) is 0 Å². The Morgan fingerprint density at radius 1 is 1.28 bits per heavy atom. The highest BCUT2D eigenvalue weighted by Gasteiger charge is 2.40. The highest BCUT2D eigenvalue weighted by molar-refractivity contribution is 7.89. The molecule has 1 aliphatic carbocycles. The zero-order valence-corrected chi connectivity index (χ0v) is 11.9. The average molecular weight is 276 g/mol. The van der Waals surface area contributed by atoms with Crippen molar-refractivity contribution < 1.29 is 13.2 Å². The first-order valence-electron chi connectivity index (χ1n) is 6.75. The van der Waals surface area contributed by atoms with Crippen LogP contribution in [0.25, 0.3) is 0 Å². The molecule has 0 bridgehead atoms. The Kier molecular flexibility index (Phi) is 4.64. The summed E-state index contributed by atoms with van der Waals surface area (Å²) >= 11 is 0. The van der Waals surface area contributed by atoms with Gasteiger partial charge in [0.15, 0.2) is 0 Å². The van der Waals surface area contributed by atoms with Crippen molar-refractivity contribution in [2.24, 2.45) is 17.6 Å². The van der Waals surface area contributed by atoms with Crippen LogP contribution in [-0.2, 0) is 14.8 Å². The molecular formula is C12H24N2O3S. The fraction of sp³-hybridized carbons (Fsp3) is 1.00. The van der Waals surface area contributed by atoms with Crippen LogP contribution in [0.3, 0.4) is 0 Å². The van der Waals surface area contributed by atoms with E-state index in [1.807, 2.05) is 0 Å². The van der Waals surface area contributed by atoms with Crippen molar-refractivity contribution in [3.63, 3.8) is 0 Å². The van der Waals surface area contributed by atoms with Crippen molar-refractivity contribution in [3.05, 3.63) is 0 Å². The van der Waals surface area contributed by atoms with E-state index >= 15 is 0 Å². The van der Waals surface area contributed by atoms with Crippen LogP contribution < -0.4 is 5.73 Å². The predicted molar refractivity (Wildman–Crippen MR) is 70.7 cm³/mol. The zero-order chi connectivity index (χ0) is 13.2. The summed E-state index contributed by atoms with van der Waals surface area (Å²) in [7, 11) is -1.50. The van der Waals surface area contributed by atoms with Crippen molar-refractivity contribution >= 4 is 10.0 Å². The Bertz CT molecular complexity index is 372. The summed E-state index contributed by atoms with van der Waals surface area (Å²) in [4.78, 5) is 0. The summed E-state index contributed by atoms with van der Waals surface area (Å²) in [6.07, 6.45) is 3.67. The van der Waals surface area contributed by atoms with Gasteiger partial charge in [0.25, 0.3) is 0 Å². The first kappa shape index (κ1) is 14.2. The van der Waals surface area contributed by atoms with Crippen LogP contribution in [0.1, 0.15) is 25.7 Å². The molecule has 18 heavy (non-hydrogen) atoms. The number of fused-ring (bicyclic) bond motifs is 1. The molecule has 3 atom stereocenters. The number of methoxy groups -OCH3 is 1. The van der Waals surface area contributed by atoms with Crippen LogP contribution >= 0.6 is 0 Å². The second kappa shape index (κ2) is 5.86. The molecule has 1 saturated carbocycles. The largest absolute Gasteiger partial charge is 0.385 e. The number of nitrogens with zero attached hydrogens (tertiary/aromatic N) is 1. The zero-order valence-electron chi connectivity index (χ0n) is 11.0. The van der Waals surface area contributed by atoms with Crippen LogP contribution in [0.15, 0.2) is 0 Å². The van der Waals surface area contributed by atoms with E-state index in [2.05, 4.69) is 0 Å². The topological polar surface area (TPSA) is 72.6 Å².